The maximum absolute atomic E-state index is 12.2. The number of carbonyl (C=O) groups is 1. The Morgan fingerprint density at radius 3 is 2.75 bits per heavy atom. The zero-order valence-corrected chi connectivity index (χ0v) is 12.6. The average Bonchev–Trinajstić information content (AvgIpc) is 2.95. The van der Waals surface area contributed by atoms with Gasteiger partial charge in [0.1, 0.15) is 0 Å². The van der Waals surface area contributed by atoms with Crippen molar-refractivity contribution in [3.63, 3.8) is 0 Å². The summed E-state index contributed by atoms with van der Waals surface area (Å²) in [5.41, 5.74) is 1.09. The van der Waals surface area contributed by atoms with Gasteiger partial charge in [-0.25, -0.2) is 0 Å². The molecule has 0 bridgehead atoms. The van der Waals surface area contributed by atoms with Crippen LogP contribution < -0.4 is 0 Å². The summed E-state index contributed by atoms with van der Waals surface area (Å²) in [5.74, 6) is -0.279. The summed E-state index contributed by atoms with van der Waals surface area (Å²) in [5, 5.41) is 9.97. The van der Waals surface area contributed by atoms with Crippen LogP contribution in [0.15, 0.2) is 24.4 Å². The van der Waals surface area contributed by atoms with Crippen molar-refractivity contribution in [2.45, 2.75) is 6.54 Å². The molecule has 0 radical (unpaired) electrons. The molecule has 0 saturated heterocycles. The standard InChI is InChI=1S/C12H11Cl2N3O2S/c13-9-2-1-8(5-10(9)14)7-17(3-4-18)12(19)11-6-15-20-16-11/h1-2,5-6,18H,3-4,7H2. The SMILES string of the molecule is O=C(c1cnsn1)N(CCO)Cc1ccc(Cl)c(Cl)c1. The van der Waals surface area contributed by atoms with Gasteiger partial charge in [-0.2, -0.15) is 8.75 Å². The zero-order chi connectivity index (χ0) is 14.5. The van der Waals surface area contributed by atoms with Crippen LogP contribution in [0.5, 0.6) is 0 Å². The highest BCUT2D eigenvalue weighted by Crippen LogP contribution is 2.23. The molecule has 1 amide bonds. The van der Waals surface area contributed by atoms with E-state index in [9.17, 15) is 4.79 Å². The van der Waals surface area contributed by atoms with Gasteiger partial charge in [0, 0.05) is 13.1 Å². The second-order valence-corrected chi connectivity index (χ2v) is 5.36. The lowest BCUT2D eigenvalue weighted by Crippen LogP contribution is -2.33. The van der Waals surface area contributed by atoms with Crippen LogP contribution in [-0.2, 0) is 6.54 Å². The van der Waals surface area contributed by atoms with Gasteiger partial charge >= 0.3 is 0 Å². The van der Waals surface area contributed by atoms with Crippen molar-refractivity contribution >= 4 is 40.8 Å². The summed E-state index contributed by atoms with van der Waals surface area (Å²) in [6, 6.07) is 5.15. The minimum absolute atomic E-state index is 0.134. The van der Waals surface area contributed by atoms with E-state index in [1.807, 2.05) is 0 Å². The summed E-state index contributed by atoms with van der Waals surface area (Å²) in [6.07, 6.45) is 1.41. The van der Waals surface area contributed by atoms with E-state index < -0.39 is 0 Å². The van der Waals surface area contributed by atoms with Gasteiger partial charge in [0.2, 0.25) is 0 Å². The fourth-order valence-electron chi connectivity index (χ4n) is 1.65. The van der Waals surface area contributed by atoms with Crippen molar-refractivity contribution in [2.75, 3.05) is 13.2 Å². The van der Waals surface area contributed by atoms with Gasteiger partial charge in [-0.05, 0) is 17.7 Å². The lowest BCUT2D eigenvalue weighted by atomic mass is 10.2. The van der Waals surface area contributed by atoms with Crippen molar-refractivity contribution in [1.82, 2.24) is 13.6 Å². The molecule has 0 atom stereocenters. The predicted octanol–water partition coefficient (Wildman–Crippen LogP) is 2.48. The summed E-state index contributed by atoms with van der Waals surface area (Å²) < 4.78 is 7.70. The van der Waals surface area contributed by atoms with E-state index in [1.165, 1.54) is 11.1 Å². The molecule has 0 fully saturated rings. The molecular weight excluding hydrogens is 321 g/mol. The molecule has 1 aromatic heterocycles. The van der Waals surface area contributed by atoms with E-state index in [4.69, 9.17) is 28.3 Å². The molecule has 5 nitrogen and oxygen atoms in total. The molecule has 0 saturated carbocycles. The van der Waals surface area contributed by atoms with E-state index in [0.717, 1.165) is 17.3 Å². The first-order valence-corrected chi connectivity index (χ1v) is 7.22. The Labute approximate surface area is 130 Å². The number of carbonyl (C=O) groups excluding carboxylic acids is 1. The molecule has 20 heavy (non-hydrogen) atoms. The van der Waals surface area contributed by atoms with Crippen LogP contribution in [-0.4, -0.2) is 37.8 Å². The molecule has 2 aromatic rings. The topological polar surface area (TPSA) is 66.3 Å². The second kappa shape index (κ2) is 6.99. The number of aliphatic hydroxyl groups excluding tert-OH is 1. The number of hydrogen-bond donors (Lipinski definition) is 1. The largest absolute Gasteiger partial charge is 0.395 e. The lowest BCUT2D eigenvalue weighted by molar-refractivity contribution is 0.0703. The van der Waals surface area contributed by atoms with Gasteiger partial charge in [-0.3, -0.25) is 4.79 Å². The van der Waals surface area contributed by atoms with Crippen LogP contribution in [0.25, 0.3) is 0 Å². The number of hydrogen-bond acceptors (Lipinski definition) is 5. The smallest absolute Gasteiger partial charge is 0.275 e. The van der Waals surface area contributed by atoms with Crippen molar-refractivity contribution in [3.05, 3.63) is 45.7 Å². The monoisotopic (exact) mass is 331 g/mol. The predicted molar refractivity (Wildman–Crippen MR) is 78.2 cm³/mol. The first-order valence-electron chi connectivity index (χ1n) is 5.73. The van der Waals surface area contributed by atoms with Gasteiger partial charge in [0.25, 0.3) is 5.91 Å². The molecule has 1 aromatic carbocycles. The van der Waals surface area contributed by atoms with Crippen LogP contribution in [0.2, 0.25) is 10.0 Å². The second-order valence-electron chi connectivity index (χ2n) is 3.99. The maximum atomic E-state index is 12.2. The quantitative estimate of drug-likeness (QED) is 0.913. The van der Waals surface area contributed by atoms with Crippen molar-refractivity contribution in [2.24, 2.45) is 0 Å². The summed E-state index contributed by atoms with van der Waals surface area (Å²) >= 11 is 12.8. The minimum atomic E-state index is -0.279. The molecule has 1 heterocycles. The lowest BCUT2D eigenvalue weighted by Gasteiger charge is -2.20. The van der Waals surface area contributed by atoms with E-state index >= 15 is 0 Å². The first-order chi connectivity index (χ1) is 9.61. The van der Waals surface area contributed by atoms with Crippen LogP contribution in [0.1, 0.15) is 16.1 Å². The van der Waals surface area contributed by atoms with E-state index in [2.05, 4.69) is 8.75 Å². The van der Waals surface area contributed by atoms with Crippen LogP contribution in [0.3, 0.4) is 0 Å². The van der Waals surface area contributed by atoms with Crippen LogP contribution in [0, 0.1) is 0 Å². The Morgan fingerprint density at radius 2 is 2.15 bits per heavy atom. The molecular formula is C12H11Cl2N3O2S. The van der Waals surface area contributed by atoms with Gasteiger partial charge in [-0.15, -0.1) is 0 Å². The number of halogens is 2. The summed E-state index contributed by atoms with van der Waals surface area (Å²) in [6.45, 7) is 0.384. The number of rotatable bonds is 5. The number of benzene rings is 1. The third-order valence-electron chi connectivity index (χ3n) is 2.59. The third kappa shape index (κ3) is 3.67. The van der Waals surface area contributed by atoms with E-state index in [0.29, 0.717) is 16.6 Å². The number of aromatic nitrogens is 2. The fourth-order valence-corrected chi connectivity index (χ4v) is 2.38. The van der Waals surface area contributed by atoms with Crippen LogP contribution >= 0.6 is 34.9 Å². The Balaban J connectivity index is 2.16. The first kappa shape index (κ1) is 15.2. The molecule has 0 aliphatic heterocycles. The number of aliphatic hydroxyl groups is 1. The maximum Gasteiger partial charge on any atom is 0.275 e. The molecule has 2 rings (SSSR count). The highest BCUT2D eigenvalue weighted by Gasteiger charge is 2.18. The molecule has 0 unspecified atom stereocenters. The Bertz CT molecular complexity index is 592. The van der Waals surface area contributed by atoms with Crippen molar-refractivity contribution in [1.29, 1.82) is 0 Å². The molecule has 106 valence electrons. The van der Waals surface area contributed by atoms with E-state index in [1.54, 1.807) is 18.2 Å². The highest BCUT2D eigenvalue weighted by molar-refractivity contribution is 6.99. The van der Waals surface area contributed by atoms with Crippen molar-refractivity contribution < 1.29 is 9.90 Å². The number of amides is 1. The van der Waals surface area contributed by atoms with Crippen LogP contribution in [0.4, 0.5) is 0 Å². The Kier molecular flexibility index (Phi) is 5.31. The average molecular weight is 332 g/mol. The third-order valence-corrected chi connectivity index (χ3v) is 3.81. The zero-order valence-electron chi connectivity index (χ0n) is 10.3. The van der Waals surface area contributed by atoms with Gasteiger partial charge in [0.05, 0.1) is 34.6 Å². The molecule has 1 N–H and O–H groups in total. The van der Waals surface area contributed by atoms with Gasteiger partial charge < -0.3 is 10.0 Å². The number of nitrogens with zero attached hydrogens (tertiary/aromatic N) is 3. The van der Waals surface area contributed by atoms with Gasteiger partial charge in [-0.1, -0.05) is 29.3 Å². The summed E-state index contributed by atoms with van der Waals surface area (Å²) in [7, 11) is 0. The van der Waals surface area contributed by atoms with E-state index in [-0.39, 0.29) is 24.8 Å². The minimum Gasteiger partial charge on any atom is -0.395 e. The molecule has 0 aliphatic carbocycles. The molecule has 0 spiro atoms. The molecule has 8 heteroatoms. The normalized spacial score (nSPS) is 10.6. The molecule has 0 aliphatic rings. The Morgan fingerprint density at radius 1 is 1.35 bits per heavy atom. The fraction of sp³-hybridized carbons (Fsp3) is 0.250. The summed E-state index contributed by atoms with van der Waals surface area (Å²) in [4.78, 5) is 13.7. The van der Waals surface area contributed by atoms with Gasteiger partial charge in [0.15, 0.2) is 5.69 Å². The highest BCUT2D eigenvalue weighted by atomic mass is 35.5. The van der Waals surface area contributed by atoms with Crippen molar-refractivity contribution in [3.8, 4) is 0 Å². The Hall–Kier alpha value is -1.21.